The maximum atomic E-state index is 12.7. The molecule has 0 aromatic heterocycles. The lowest BCUT2D eigenvalue weighted by atomic mass is 10.1. The number of carbonyl (C=O) groups is 1. The van der Waals surface area contributed by atoms with Crippen LogP contribution < -0.4 is 14.8 Å². The predicted octanol–water partition coefficient (Wildman–Crippen LogP) is 5.24. The number of anilines is 1. The van der Waals surface area contributed by atoms with Crippen molar-refractivity contribution in [1.82, 2.24) is 14.5 Å². The lowest BCUT2D eigenvalue weighted by Crippen LogP contribution is -2.39. The molecule has 5 rings (SSSR count). The summed E-state index contributed by atoms with van der Waals surface area (Å²) in [5, 5.41) is 1.23. The Kier molecular flexibility index (Phi) is 7.68. The second kappa shape index (κ2) is 10.8. The third-order valence-corrected chi connectivity index (χ3v) is 9.11. The Bertz CT molecular complexity index is 1340. The van der Waals surface area contributed by atoms with Crippen molar-refractivity contribution in [2.24, 2.45) is 0 Å². The summed E-state index contributed by atoms with van der Waals surface area (Å²) in [6.07, 6.45) is 1.66. The molecule has 3 heterocycles. The molecule has 0 N–H and O–H groups in total. The van der Waals surface area contributed by atoms with Crippen molar-refractivity contribution in [3.63, 3.8) is 0 Å². The van der Waals surface area contributed by atoms with E-state index in [0.717, 1.165) is 56.8 Å². The third-order valence-electron chi connectivity index (χ3n) is 7.10. The Labute approximate surface area is 228 Å². The molecule has 1 aromatic rings. The van der Waals surface area contributed by atoms with E-state index in [2.05, 4.69) is 47.6 Å². The first-order valence-corrected chi connectivity index (χ1v) is 15.5. The summed E-state index contributed by atoms with van der Waals surface area (Å²) in [5.41, 5.74) is 5.64. The maximum absolute atomic E-state index is 12.7. The van der Waals surface area contributed by atoms with Gasteiger partial charge in [-0.2, -0.15) is 11.8 Å². The quantitative estimate of drug-likeness (QED) is 0.329. The van der Waals surface area contributed by atoms with E-state index < -0.39 is 5.60 Å². The number of carbonyl (C=O) groups excluding carboxylic acids is 1. The van der Waals surface area contributed by atoms with E-state index in [-0.39, 0.29) is 6.09 Å². The van der Waals surface area contributed by atoms with Crippen LogP contribution in [0.4, 0.5) is 10.5 Å². The monoisotopic (exact) mass is 539 g/mol. The molecular weight excluding hydrogens is 500 g/mol. The molecule has 0 bridgehead atoms. The predicted molar refractivity (Wildman–Crippen MR) is 157 cm³/mol. The van der Waals surface area contributed by atoms with Crippen molar-refractivity contribution in [3.8, 4) is 10.6 Å². The Balaban J connectivity index is 1.52. The van der Waals surface area contributed by atoms with Crippen molar-refractivity contribution >= 4 is 45.1 Å². The van der Waals surface area contributed by atoms with Gasteiger partial charge in [-0.1, -0.05) is 6.92 Å². The Morgan fingerprint density at radius 3 is 2.59 bits per heavy atom. The Morgan fingerprint density at radius 2 is 1.86 bits per heavy atom. The molecule has 0 radical (unpaired) electrons. The molecule has 2 saturated heterocycles. The summed E-state index contributed by atoms with van der Waals surface area (Å²) in [6.45, 7) is 15.5. The normalized spacial score (nSPS) is 18.8. The van der Waals surface area contributed by atoms with Crippen molar-refractivity contribution in [1.29, 1.82) is 0 Å². The highest BCUT2D eigenvalue weighted by Crippen LogP contribution is 2.36. The number of ether oxygens (including phenoxy) is 1. The molecule has 4 aliphatic rings. The van der Waals surface area contributed by atoms with E-state index in [0.29, 0.717) is 6.54 Å². The van der Waals surface area contributed by atoms with E-state index in [1.165, 1.54) is 43.3 Å². The smallest absolute Gasteiger partial charge is 0.410 e. The van der Waals surface area contributed by atoms with E-state index >= 15 is 0 Å². The molecular formula is C29H39N4O2S2+. The molecule has 1 amide bonds. The molecule has 0 atom stereocenters. The Morgan fingerprint density at radius 1 is 1.08 bits per heavy atom. The SMILES string of the molecule is CCc1cc(=[N+]2CCCN(C(=O)OC(C)(C)C)CC2)cc2sc3cc(N4CCSCC4)cc(C)c3nc1-2. The van der Waals surface area contributed by atoms with Gasteiger partial charge in [-0.15, -0.1) is 11.3 Å². The van der Waals surface area contributed by atoms with Gasteiger partial charge >= 0.3 is 6.09 Å². The van der Waals surface area contributed by atoms with Crippen LogP contribution >= 0.6 is 23.1 Å². The fourth-order valence-electron chi connectivity index (χ4n) is 5.18. The number of nitrogens with zero attached hydrogens (tertiary/aromatic N) is 4. The molecule has 1 aromatic carbocycles. The zero-order valence-corrected chi connectivity index (χ0v) is 24.4. The molecule has 37 heavy (non-hydrogen) atoms. The topological polar surface area (TPSA) is 48.7 Å². The van der Waals surface area contributed by atoms with Crippen LogP contribution in [0.15, 0.2) is 24.3 Å². The third kappa shape index (κ3) is 5.90. The fraction of sp³-hybridized carbons (Fsp3) is 0.552. The van der Waals surface area contributed by atoms with Crippen molar-refractivity contribution in [2.75, 3.05) is 55.7 Å². The highest BCUT2D eigenvalue weighted by molar-refractivity contribution is 7.99. The van der Waals surface area contributed by atoms with Crippen LogP contribution in [0.1, 0.15) is 45.2 Å². The molecule has 0 saturated carbocycles. The first kappa shape index (κ1) is 26.3. The number of aryl methyl sites for hydroxylation is 2. The second-order valence-corrected chi connectivity index (χ2v) is 13.3. The number of hydrogen-bond acceptors (Lipinski definition) is 6. The lowest BCUT2D eigenvalue weighted by Gasteiger charge is -2.29. The summed E-state index contributed by atoms with van der Waals surface area (Å²) in [7, 11) is 0. The van der Waals surface area contributed by atoms with E-state index in [1.54, 1.807) is 0 Å². The average molecular weight is 540 g/mol. The van der Waals surface area contributed by atoms with Gasteiger partial charge in [0.1, 0.15) is 12.1 Å². The van der Waals surface area contributed by atoms with Crippen molar-refractivity contribution < 1.29 is 9.53 Å². The largest absolute Gasteiger partial charge is 0.444 e. The van der Waals surface area contributed by atoms with Gasteiger partial charge in [-0.25, -0.2) is 14.4 Å². The molecule has 8 heteroatoms. The van der Waals surface area contributed by atoms with E-state index in [1.807, 2.05) is 48.8 Å². The fourth-order valence-corrected chi connectivity index (χ4v) is 7.25. The van der Waals surface area contributed by atoms with Gasteiger partial charge in [-0.3, -0.25) is 0 Å². The van der Waals surface area contributed by atoms with Gasteiger partial charge < -0.3 is 14.5 Å². The first-order chi connectivity index (χ1) is 17.7. The van der Waals surface area contributed by atoms with Crippen LogP contribution in [0.2, 0.25) is 0 Å². The van der Waals surface area contributed by atoms with Gasteiger partial charge in [0.25, 0.3) is 0 Å². The number of amides is 1. The van der Waals surface area contributed by atoms with E-state index in [9.17, 15) is 4.79 Å². The molecule has 0 spiro atoms. The number of hydrogen-bond donors (Lipinski definition) is 0. The number of fused-ring (bicyclic) bond motifs is 2. The van der Waals surface area contributed by atoms with Gasteiger partial charge in [0.05, 0.1) is 27.3 Å². The van der Waals surface area contributed by atoms with Crippen molar-refractivity contribution in [3.05, 3.63) is 40.7 Å². The van der Waals surface area contributed by atoms with E-state index in [4.69, 9.17) is 9.72 Å². The van der Waals surface area contributed by atoms with Crippen LogP contribution in [0, 0.1) is 6.92 Å². The molecule has 1 aliphatic carbocycles. The zero-order valence-electron chi connectivity index (χ0n) is 22.8. The minimum atomic E-state index is -0.472. The van der Waals surface area contributed by atoms with Crippen molar-refractivity contribution in [2.45, 2.75) is 53.1 Å². The molecule has 0 unspecified atom stereocenters. The Hall–Kier alpha value is -2.32. The molecule has 2 fully saturated rings. The number of benzene rings is 2. The number of thioether (sulfide) groups is 1. The van der Waals surface area contributed by atoms with Gasteiger partial charge in [0.2, 0.25) is 5.36 Å². The van der Waals surface area contributed by atoms with Crippen LogP contribution in [0.25, 0.3) is 20.8 Å². The highest BCUT2D eigenvalue weighted by atomic mass is 32.2. The molecule has 6 nitrogen and oxygen atoms in total. The second-order valence-electron chi connectivity index (χ2n) is 11.0. The van der Waals surface area contributed by atoms with Crippen LogP contribution in [-0.4, -0.2) is 72.4 Å². The minimum absolute atomic E-state index is 0.210. The maximum Gasteiger partial charge on any atom is 0.410 e. The highest BCUT2D eigenvalue weighted by Gasteiger charge is 2.26. The first-order valence-electron chi connectivity index (χ1n) is 13.5. The zero-order chi connectivity index (χ0) is 26.2. The minimum Gasteiger partial charge on any atom is -0.444 e. The molecule has 3 aliphatic heterocycles. The standard InChI is InChI=1S/C29H39N4O2S2/c1-6-21-17-23(31-8-7-9-33(11-10-31)28(34)35-29(3,4)5)19-25-27(21)30-26-20(2)16-22(18-24(26)37-25)32-12-14-36-15-13-32/h16-19H,6-15H2,1-5H3/q+1. The summed E-state index contributed by atoms with van der Waals surface area (Å²) in [5.74, 6) is 2.39. The lowest BCUT2D eigenvalue weighted by molar-refractivity contribution is 0.0262. The number of aromatic nitrogens is 1. The van der Waals surface area contributed by atoms with Gasteiger partial charge in [0, 0.05) is 55.4 Å². The summed E-state index contributed by atoms with van der Waals surface area (Å²) < 4.78 is 9.31. The summed E-state index contributed by atoms with van der Waals surface area (Å²) in [6, 6.07) is 9.29. The summed E-state index contributed by atoms with van der Waals surface area (Å²) >= 11 is 3.91. The van der Waals surface area contributed by atoms with Gasteiger partial charge in [0.15, 0.2) is 6.54 Å². The number of rotatable bonds is 2. The summed E-state index contributed by atoms with van der Waals surface area (Å²) in [4.78, 5) is 23.5. The molecule has 198 valence electrons. The van der Waals surface area contributed by atoms with Crippen LogP contribution in [0.5, 0.6) is 0 Å². The average Bonchev–Trinajstić information content (AvgIpc) is 3.13. The van der Waals surface area contributed by atoms with Crippen LogP contribution in [-0.2, 0) is 11.2 Å². The van der Waals surface area contributed by atoms with Crippen LogP contribution in [0.3, 0.4) is 0 Å². The van der Waals surface area contributed by atoms with Gasteiger partial charge in [-0.05, 0) is 57.4 Å².